The van der Waals surface area contributed by atoms with Crippen molar-refractivity contribution in [2.45, 2.75) is 6.42 Å². The molecule has 0 aliphatic rings. The van der Waals surface area contributed by atoms with Gasteiger partial charge in [0.2, 0.25) is 0 Å². The third-order valence-corrected chi connectivity index (χ3v) is 3.08. The van der Waals surface area contributed by atoms with Crippen LogP contribution in [0.4, 0.5) is 5.69 Å². The number of halogens is 1. The quantitative estimate of drug-likeness (QED) is 0.552. The van der Waals surface area contributed by atoms with Crippen LogP contribution >= 0.6 is 11.6 Å². The summed E-state index contributed by atoms with van der Waals surface area (Å²) >= 11 is 5.89. The molecule has 0 amide bonds. The van der Waals surface area contributed by atoms with Crippen LogP contribution in [0.25, 0.3) is 0 Å². The predicted octanol–water partition coefficient (Wildman–Crippen LogP) is -0.932. The zero-order valence-electron chi connectivity index (χ0n) is 11.6. The molecule has 6 heteroatoms. The number of carbonyl (C=O) groups excluding carboxylic acids is 1. The van der Waals surface area contributed by atoms with Crippen LogP contribution in [-0.4, -0.2) is 17.6 Å². The van der Waals surface area contributed by atoms with Gasteiger partial charge >= 0.3 is 29.6 Å². The normalized spacial score (nSPS) is 9.76. The molecule has 0 aromatic heterocycles. The van der Waals surface area contributed by atoms with E-state index >= 15 is 0 Å². The molecule has 0 saturated carbocycles. The van der Waals surface area contributed by atoms with Crippen LogP contribution in [0, 0.1) is 0 Å². The number of carboxylic acid groups (broad SMARTS) is 1. The molecule has 2 aromatic carbocycles. The van der Waals surface area contributed by atoms with Crippen molar-refractivity contribution < 1.29 is 44.6 Å². The van der Waals surface area contributed by atoms with Crippen molar-refractivity contribution in [1.82, 2.24) is 0 Å². The Balaban J connectivity index is 0.00000220. The number of aromatic hydroxyl groups is 1. The van der Waals surface area contributed by atoms with Crippen LogP contribution in [0.5, 0.6) is 5.75 Å². The van der Waals surface area contributed by atoms with Crippen molar-refractivity contribution >= 4 is 23.3 Å². The SMILES string of the molecule is O=C([O-])c1cc(NCCc2cccc(Cl)c2)ccc1O.[Na+]. The molecule has 0 heterocycles. The average molecular weight is 314 g/mol. The van der Waals surface area contributed by atoms with Gasteiger partial charge in [-0.05, 0) is 42.3 Å². The number of hydrogen-bond acceptors (Lipinski definition) is 4. The minimum Gasteiger partial charge on any atom is -0.545 e. The molecule has 0 radical (unpaired) electrons. The van der Waals surface area contributed by atoms with Gasteiger partial charge in [-0.1, -0.05) is 23.7 Å². The van der Waals surface area contributed by atoms with Gasteiger partial charge in [-0.2, -0.15) is 0 Å². The Labute approximate surface area is 150 Å². The summed E-state index contributed by atoms with van der Waals surface area (Å²) in [7, 11) is 0. The van der Waals surface area contributed by atoms with E-state index in [1.165, 1.54) is 12.1 Å². The summed E-state index contributed by atoms with van der Waals surface area (Å²) in [6, 6.07) is 11.8. The maximum Gasteiger partial charge on any atom is 1.00 e. The monoisotopic (exact) mass is 313 g/mol. The van der Waals surface area contributed by atoms with Crippen molar-refractivity contribution in [2.75, 3.05) is 11.9 Å². The van der Waals surface area contributed by atoms with E-state index in [0.29, 0.717) is 17.3 Å². The van der Waals surface area contributed by atoms with Gasteiger partial charge < -0.3 is 20.3 Å². The molecule has 0 saturated heterocycles. The Kier molecular flexibility index (Phi) is 7.05. The van der Waals surface area contributed by atoms with Crippen molar-refractivity contribution in [1.29, 1.82) is 0 Å². The molecule has 0 atom stereocenters. The predicted molar refractivity (Wildman–Crippen MR) is 76.1 cm³/mol. The molecule has 0 aliphatic carbocycles. The van der Waals surface area contributed by atoms with E-state index in [1.807, 2.05) is 24.3 Å². The average Bonchev–Trinajstić information content (AvgIpc) is 2.40. The summed E-state index contributed by atoms with van der Waals surface area (Å²) in [6.07, 6.45) is 0.752. The summed E-state index contributed by atoms with van der Waals surface area (Å²) in [5.74, 6) is -1.70. The van der Waals surface area contributed by atoms with Gasteiger partial charge in [0.05, 0.1) is 5.97 Å². The van der Waals surface area contributed by atoms with Crippen molar-refractivity contribution in [3.8, 4) is 5.75 Å². The summed E-state index contributed by atoms with van der Waals surface area (Å²) in [6.45, 7) is 0.623. The molecule has 0 bridgehead atoms. The second-order valence-electron chi connectivity index (χ2n) is 4.33. The molecule has 104 valence electrons. The van der Waals surface area contributed by atoms with Crippen LogP contribution in [0.3, 0.4) is 0 Å². The van der Waals surface area contributed by atoms with Gasteiger partial charge in [0.15, 0.2) is 0 Å². The topological polar surface area (TPSA) is 72.4 Å². The number of aromatic carboxylic acids is 1. The van der Waals surface area contributed by atoms with Gasteiger partial charge in [0.1, 0.15) is 5.75 Å². The third-order valence-electron chi connectivity index (χ3n) is 2.85. The summed E-state index contributed by atoms with van der Waals surface area (Å²) < 4.78 is 0. The largest absolute Gasteiger partial charge is 1.00 e. The third kappa shape index (κ3) is 5.25. The number of carbonyl (C=O) groups is 1. The Morgan fingerprint density at radius 2 is 2.00 bits per heavy atom. The Bertz CT molecular complexity index is 634. The fraction of sp³-hybridized carbons (Fsp3) is 0.133. The smallest absolute Gasteiger partial charge is 0.545 e. The molecular formula is C15H13ClNNaO3. The molecule has 2 N–H and O–H groups in total. The number of phenols is 1. The van der Waals surface area contributed by atoms with Crippen LogP contribution in [-0.2, 0) is 6.42 Å². The summed E-state index contributed by atoms with van der Waals surface area (Å²) in [5, 5.41) is 23.9. The Morgan fingerprint density at radius 3 is 2.67 bits per heavy atom. The zero-order valence-corrected chi connectivity index (χ0v) is 14.4. The van der Waals surface area contributed by atoms with Crippen LogP contribution in [0.1, 0.15) is 15.9 Å². The molecule has 0 aliphatic heterocycles. The molecule has 0 unspecified atom stereocenters. The fourth-order valence-corrected chi connectivity index (χ4v) is 2.07. The minimum atomic E-state index is -1.40. The number of rotatable bonds is 5. The van der Waals surface area contributed by atoms with E-state index in [2.05, 4.69) is 5.32 Å². The second-order valence-corrected chi connectivity index (χ2v) is 4.76. The second kappa shape index (κ2) is 8.29. The maximum atomic E-state index is 10.8. The minimum absolute atomic E-state index is 0. The van der Waals surface area contributed by atoms with Gasteiger partial charge in [-0.3, -0.25) is 0 Å². The van der Waals surface area contributed by atoms with Gasteiger partial charge in [-0.25, -0.2) is 0 Å². The first-order chi connectivity index (χ1) is 9.56. The van der Waals surface area contributed by atoms with Crippen molar-refractivity contribution in [3.05, 3.63) is 58.6 Å². The molecule has 2 aromatic rings. The van der Waals surface area contributed by atoms with E-state index in [9.17, 15) is 15.0 Å². The fourth-order valence-electron chi connectivity index (χ4n) is 1.85. The maximum absolute atomic E-state index is 10.8. The molecule has 2 rings (SSSR count). The van der Waals surface area contributed by atoms with E-state index in [0.717, 1.165) is 12.0 Å². The van der Waals surface area contributed by atoms with E-state index < -0.39 is 5.97 Å². The van der Waals surface area contributed by atoms with E-state index in [4.69, 9.17) is 11.6 Å². The van der Waals surface area contributed by atoms with Crippen LogP contribution in [0.2, 0.25) is 5.02 Å². The van der Waals surface area contributed by atoms with Gasteiger partial charge in [0.25, 0.3) is 0 Å². The number of hydrogen-bond donors (Lipinski definition) is 2. The number of carboxylic acids is 1. The standard InChI is InChI=1S/C15H14ClNO3.Na/c16-11-3-1-2-10(8-11)6-7-17-12-4-5-14(18)13(9-12)15(19)20;/h1-5,8-9,17-18H,6-7H2,(H,19,20);/q;+1/p-1. The first-order valence-electron chi connectivity index (χ1n) is 6.09. The zero-order chi connectivity index (χ0) is 14.5. The first kappa shape index (κ1) is 17.9. The summed E-state index contributed by atoms with van der Waals surface area (Å²) in [5.41, 5.74) is 1.48. The Morgan fingerprint density at radius 1 is 1.24 bits per heavy atom. The molecule has 4 nitrogen and oxygen atoms in total. The van der Waals surface area contributed by atoms with E-state index in [1.54, 1.807) is 6.07 Å². The molecular weight excluding hydrogens is 301 g/mol. The van der Waals surface area contributed by atoms with Gasteiger partial charge in [-0.15, -0.1) is 0 Å². The number of benzene rings is 2. The number of anilines is 1. The van der Waals surface area contributed by atoms with Crippen molar-refractivity contribution in [3.63, 3.8) is 0 Å². The first-order valence-corrected chi connectivity index (χ1v) is 6.47. The van der Waals surface area contributed by atoms with Crippen LogP contribution in [0.15, 0.2) is 42.5 Å². The van der Waals surface area contributed by atoms with Crippen LogP contribution < -0.4 is 40.0 Å². The van der Waals surface area contributed by atoms with E-state index in [-0.39, 0.29) is 40.9 Å². The van der Waals surface area contributed by atoms with Gasteiger partial charge in [0, 0.05) is 22.8 Å². The van der Waals surface area contributed by atoms with Crippen molar-refractivity contribution in [2.24, 2.45) is 0 Å². The molecule has 21 heavy (non-hydrogen) atoms. The Hall–Kier alpha value is -1.20. The number of nitrogens with one attached hydrogen (secondary N) is 1. The molecule has 0 fully saturated rings. The summed E-state index contributed by atoms with van der Waals surface area (Å²) in [4.78, 5) is 10.8. The molecule has 0 spiro atoms.